The molecule has 0 spiro atoms. The Bertz CT molecular complexity index is 284. The molecule has 2 rings (SSSR count). The number of likely N-dealkylation sites (tertiary alicyclic amines) is 1. The van der Waals surface area contributed by atoms with Gasteiger partial charge in [-0.1, -0.05) is 0 Å². The number of nitrogens with zero attached hydrogens (tertiary/aromatic N) is 2. The van der Waals surface area contributed by atoms with Gasteiger partial charge >= 0.3 is 6.09 Å². The van der Waals surface area contributed by atoms with E-state index in [1.165, 1.54) is 0 Å². The molecule has 0 N–H and O–H groups in total. The van der Waals surface area contributed by atoms with Gasteiger partial charge in [-0.3, -0.25) is 0 Å². The lowest BCUT2D eigenvalue weighted by Gasteiger charge is -2.26. The molecular weight excluding hydrogens is 204 g/mol. The summed E-state index contributed by atoms with van der Waals surface area (Å²) in [7, 11) is 4.22. The quantitative estimate of drug-likeness (QED) is 0.678. The molecule has 1 amide bonds. The highest BCUT2D eigenvalue weighted by Crippen LogP contribution is 2.48. The Kier molecular flexibility index (Phi) is 2.65. The summed E-state index contributed by atoms with van der Waals surface area (Å²) >= 11 is 0. The van der Waals surface area contributed by atoms with Crippen LogP contribution < -0.4 is 0 Å². The SMILES string of the molecule is CN(C)[C@H]1[C@@H]2CN(C(=O)OC(C)(C)C)C[C@@H]21. The van der Waals surface area contributed by atoms with Crippen LogP contribution in [0.1, 0.15) is 20.8 Å². The van der Waals surface area contributed by atoms with E-state index >= 15 is 0 Å². The van der Waals surface area contributed by atoms with E-state index in [4.69, 9.17) is 4.74 Å². The van der Waals surface area contributed by atoms with Gasteiger partial charge in [0.15, 0.2) is 0 Å². The summed E-state index contributed by atoms with van der Waals surface area (Å²) in [4.78, 5) is 15.9. The molecular formula is C12H22N2O2. The van der Waals surface area contributed by atoms with E-state index in [0.29, 0.717) is 17.9 Å². The number of hydrogen-bond acceptors (Lipinski definition) is 3. The fourth-order valence-electron chi connectivity index (χ4n) is 2.74. The summed E-state index contributed by atoms with van der Waals surface area (Å²) < 4.78 is 5.36. The first-order valence-corrected chi connectivity index (χ1v) is 5.94. The second kappa shape index (κ2) is 3.62. The van der Waals surface area contributed by atoms with Crippen molar-refractivity contribution in [1.29, 1.82) is 0 Å². The highest BCUT2D eigenvalue weighted by molar-refractivity contribution is 5.69. The molecule has 1 aliphatic carbocycles. The molecule has 4 heteroatoms. The van der Waals surface area contributed by atoms with Gasteiger partial charge in [-0.2, -0.15) is 0 Å². The molecule has 0 aromatic rings. The number of ether oxygens (including phenoxy) is 1. The minimum Gasteiger partial charge on any atom is -0.444 e. The highest BCUT2D eigenvalue weighted by Gasteiger charge is 2.58. The number of amides is 1. The zero-order valence-corrected chi connectivity index (χ0v) is 10.9. The monoisotopic (exact) mass is 226 g/mol. The molecule has 1 saturated heterocycles. The summed E-state index contributed by atoms with van der Waals surface area (Å²) in [5.74, 6) is 1.34. The predicted octanol–water partition coefficient (Wildman–Crippen LogP) is 1.41. The minimum atomic E-state index is -0.384. The Morgan fingerprint density at radius 2 is 1.75 bits per heavy atom. The van der Waals surface area contributed by atoms with Gasteiger partial charge in [-0.05, 0) is 46.7 Å². The van der Waals surface area contributed by atoms with Crippen molar-refractivity contribution in [3.63, 3.8) is 0 Å². The number of rotatable bonds is 1. The normalized spacial score (nSPS) is 32.9. The Hall–Kier alpha value is -0.770. The van der Waals surface area contributed by atoms with Crippen molar-refractivity contribution < 1.29 is 9.53 Å². The molecule has 3 atom stereocenters. The summed E-state index contributed by atoms with van der Waals surface area (Å²) in [6, 6.07) is 0.679. The van der Waals surface area contributed by atoms with Crippen LogP contribution in [0, 0.1) is 11.8 Å². The minimum absolute atomic E-state index is 0.155. The highest BCUT2D eigenvalue weighted by atomic mass is 16.6. The number of hydrogen-bond donors (Lipinski definition) is 0. The summed E-state index contributed by atoms with van der Waals surface area (Å²) in [6.45, 7) is 7.45. The second-order valence-corrected chi connectivity index (χ2v) is 6.17. The zero-order chi connectivity index (χ0) is 12.1. The van der Waals surface area contributed by atoms with E-state index in [1.807, 2.05) is 25.7 Å². The van der Waals surface area contributed by atoms with E-state index in [1.54, 1.807) is 0 Å². The first-order chi connectivity index (χ1) is 7.29. The molecule has 0 aromatic carbocycles. The first kappa shape index (κ1) is 11.7. The van der Waals surface area contributed by atoms with Crippen LogP contribution in [-0.2, 0) is 4.74 Å². The number of piperidine rings is 1. The third-order valence-electron chi connectivity index (χ3n) is 3.40. The average Bonchev–Trinajstić information content (AvgIpc) is 2.60. The van der Waals surface area contributed by atoms with Crippen molar-refractivity contribution in [2.45, 2.75) is 32.4 Å². The van der Waals surface area contributed by atoms with Crippen LogP contribution in [0.2, 0.25) is 0 Å². The van der Waals surface area contributed by atoms with Crippen LogP contribution in [-0.4, -0.2) is 54.7 Å². The lowest BCUT2D eigenvalue weighted by Crippen LogP contribution is -2.39. The molecule has 16 heavy (non-hydrogen) atoms. The zero-order valence-electron chi connectivity index (χ0n) is 10.9. The van der Waals surface area contributed by atoms with Gasteiger partial charge in [0.25, 0.3) is 0 Å². The molecule has 0 unspecified atom stereocenters. The number of carbonyl (C=O) groups is 1. The van der Waals surface area contributed by atoms with Crippen LogP contribution in [0.5, 0.6) is 0 Å². The predicted molar refractivity (Wildman–Crippen MR) is 62.3 cm³/mol. The molecule has 1 heterocycles. The number of fused-ring (bicyclic) bond motifs is 1. The molecule has 0 aromatic heterocycles. The third-order valence-corrected chi connectivity index (χ3v) is 3.40. The topological polar surface area (TPSA) is 32.8 Å². The van der Waals surface area contributed by atoms with E-state index in [9.17, 15) is 4.79 Å². The Balaban J connectivity index is 1.82. The van der Waals surface area contributed by atoms with E-state index in [-0.39, 0.29) is 11.7 Å². The molecule has 0 bridgehead atoms. The van der Waals surface area contributed by atoms with Crippen LogP contribution >= 0.6 is 0 Å². The Labute approximate surface area is 97.5 Å². The van der Waals surface area contributed by atoms with Crippen LogP contribution in [0.3, 0.4) is 0 Å². The van der Waals surface area contributed by atoms with Crippen molar-refractivity contribution in [3.05, 3.63) is 0 Å². The van der Waals surface area contributed by atoms with Gasteiger partial charge in [0.05, 0.1) is 0 Å². The van der Waals surface area contributed by atoms with Crippen molar-refractivity contribution >= 4 is 6.09 Å². The molecule has 1 aliphatic heterocycles. The van der Waals surface area contributed by atoms with Gasteiger partial charge in [-0.15, -0.1) is 0 Å². The molecule has 1 saturated carbocycles. The van der Waals surface area contributed by atoms with Crippen LogP contribution in [0.15, 0.2) is 0 Å². The van der Waals surface area contributed by atoms with E-state index in [2.05, 4.69) is 19.0 Å². The van der Waals surface area contributed by atoms with E-state index in [0.717, 1.165) is 13.1 Å². The molecule has 92 valence electrons. The molecule has 2 aliphatic rings. The van der Waals surface area contributed by atoms with Crippen molar-refractivity contribution in [3.8, 4) is 0 Å². The first-order valence-electron chi connectivity index (χ1n) is 5.94. The third kappa shape index (κ3) is 2.17. The smallest absolute Gasteiger partial charge is 0.410 e. The second-order valence-electron chi connectivity index (χ2n) is 6.17. The maximum absolute atomic E-state index is 11.8. The van der Waals surface area contributed by atoms with Crippen LogP contribution in [0.4, 0.5) is 4.79 Å². The standard InChI is InChI=1S/C12H22N2O2/c1-12(2,3)16-11(15)14-6-8-9(7-14)10(8)13(4)5/h8-10H,6-7H2,1-5H3/t8-,9+,10+. The lowest BCUT2D eigenvalue weighted by molar-refractivity contribution is 0.0261. The van der Waals surface area contributed by atoms with Crippen LogP contribution in [0.25, 0.3) is 0 Å². The van der Waals surface area contributed by atoms with Crippen molar-refractivity contribution in [1.82, 2.24) is 9.80 Å². The van der Waals surface area contributed by atoms with Gasteiger partial charge in [-0.25, -0.2) is 4.79 Å². The molecule has 2 fully saturated rings. The van der Waals surface area contributed by atoms with Gasteiger partial charge in [0.1, 0.15) is 5.60 Å². The molecule has 4 nitrogen and oxygen atoms in total. The summed E-state index contributed by atoms with van der Waals surface area (Å²) in [5, 5.41) is 0. The number of carbonyl (C=O) groups excluding carboxylic acids is 1. The fraction of sp³-hybridized carbons (Fsp3) is 0.917. The van der Waals surface area contributed by atoms with Gasteiger partial charge in [0.2, 0.25) is 0 Å². The van der Waals surface area contributed by atoms with Crippen molar-refractivity contribution in [2.75, 3.05) is 27.2 Å². The van der Waals surface area contributed by atoms with Gasteiger partial charge in [0, 0.05) is 19.1 Å². The maximum Gasteiger partial charge on any atom is 0.410 e. The maximum atomic E-state index is 11.8. The summed E-state index contributed by atoms with van der Waals surface area (Å²) in [6.07, 6.45) is -0.155. The van der Waals surface area contributed by atoms with Gasteiger partial charge < -0.3 is 14.5 Å². The molecule has 0 radical (unpaired) electrons. The fourth-order valence-corrected chi connectivity index (χ4v) is 2.74. The Morgan fingerprint density at radius 1 is 1.25 bits per heavy atom. The lowest BCUT2D eigenvalue weighted by atomic mass is 10.2. The Morgan fingerprint density at radius 3 is 2.12 bits per heavy atom. The van der Waals surface area contributed by atoms with Crippen molar-refractivity contribution in [2.24, 2.45) is 11.8 Å². The average molecular weight is 226 g/mol. The largest absolute Gasteiger partial charge is 0.444 e. The summed E-state index contributed by atoms with van der Waals surface area (Å²) in [5.41, 5.74) is -0.384. The van der Waals surface area contributed by atoms with E-state index < -0.39 is 0 Å².